The fourth-order valence-corrected chi connectivity index (χ4v) is 5.70. The lowest BCUT2D eigenvalue weighted by Gasteiger charge is -2.34. The quantitative estimate of drug-likeness (QED) is 0.684. The van der Waals surface area contributed by atoms with Crippen molar-refractivity contribution in [2.45, 2.75) is 31.8 Å². The van der Waals surface area contributed by atoms with Crippen molar-refractivity contribution in [3.63, 3.8) is 0 Å². The molecule has 3 amide bonds. The summed E-state index contributed by atoms with van der Waals surface area (Å²) < 4.78 is 33.4. The Labute approximate surface area is 197 Å². The van der Waals surface area contributed by atoms with Crippen LogP contribution in [-0.2, 0) is 14.8 Å². The highest BCUT2D eigenvalue weighted by molar-refractivity contribution is 7.89. The van der Waals surface area contributed by atoms with Crippen LogP contribution in [-0.4, -0.2) is 61.8 Å². The van der Waals surface area contributed by atoms with E-state index in [0.717, 1.165) is 16.8 Å². The maximum Gasteiger partial charge on any atom is 0.321 e. The first-order chi connectivity index (χ1) is 15.6. The number of hydrogen-bond donors (Lipinski definition) is 2. The number of hydrogen-bond acceptors (Lipinski definition) is 5. The van der Waals surface area contributed by atoms with E-state index < -0.39 is 16.1 Å². The number of rotatable bonds is 3. The van der Waals surface area contributed by atoms with Crippen LogP contribution in [0, 0.1) is 13.8 Å². The Morgan fingerprint density at radius 3 is 2.58 bits per heavy atom. The fraction of sp³-hybridized carbons (Fsp3) is 0.364. The van der Waals surface area contributed by atoms with Gasteiger partial charge in [-0.25, -0.2) is 13.2 Å². The lowest BCUT2D eigenvalue weighted by molar-refractivity contribution is -0.122. The Morgan fingerprint density at radius 1 is 1.18 bits per heavy atom. The number of fused-ring (bicyclic) bond motifs is 1. The van der Waals surface area contributed by atoms with E-state index in [1.807, 2.05) is 32.0 Å². The predicted molar refractivity (Wildman–Crippen MR) is 125 cm³/mol. The average molecular weight is 493 g/mol. The van der Waals surface area contributed by atoms with E-state index in [9.17, 15) is 18.0 Å². The maximum absolute atomic E-state index is 13.3. The molecule has 1 atom stereocenters. The number of anilines is 2. The first kappa shape index (κ1) is 23.3. The summed E-state index contributed by atoms with van der Waals surface area (Å²) in [5, 5.41) is 5.54. The smallest absolute Gasteiger partial charge is 0.321 e. The molecule has 2 aromatic carbocycles. The number of urea groups is 1. The number of piperazine rings is 1. The maximum atomic E-state index is 13.3. The van der Waals surface area contributed by atoms with Crippen molar-refractivity contribution in [1.82, 2.24) is 9.21 Å². The van der Waals surface area contributed by atoms with Gasteiger partial charge >= 0.3 is 6.03 Å². The molecular weight excluding hydrogens is 468 g/mol. The number of aryl methyl sites for hydroxylation is 1. The van der Waals surface area contributed by atoms with Crippen LogP contribution in [0.15, 0.2) is 35.2 Å². The first-order valence-electron chi connectivity index (χ1n) is 10.5. The number of benzene rings is 2. The van der Waals surface area contributed by atoms with Gasteiger partial charge in [-0.2, -0.15) is 4.31 Å². The number of halogens is 1. The van der Waals surface area contributed by atoms with E-state index >= 15 is 0 Å². The zero-order chi connectivity index (χ0) is 23.9. The number of sulfonamides is 1. The largest absolute Gasteiger partial charge is 0.479 e. The molecule has 0 aromatic heterocycles. The Balaban J connectivity index is 1.46. The Morgan fingerprint density at radius 2 is 1.88 bits per heavy atom. The molecule has 1 saturated heterocycles. The van der Waals surface area contributed by atoms with Crippen LogP contribution in [0.1, 0.15) is 18.1 Å². The summed E-state index contributed by atoms with van der Waals surface area (Å²) in [7, 11) is -3.93. The third-order valence-corrected chi connectivity index (χ3v) is 8.32. The topological polar surface area (TPSA) is 108 Å². The average Bonchev–Trinajstić information content (AvgIpc) is 2.77. The van der Waals surface area contributed by atoms with Gasteiger partial charge in [-0.1, -0.05) is 23.7 Å². The Bertz CT molecular complexity index is 1230. The van der Waals surface area contributed by atoms with Crippen LogP contribution in [0.4, 0.5) is 16.2 Å². The highest BCUT2D eigenvalue weighted by atomic mass is 35.5. The second kappa shape index (κ2) is 8.85. The van der Waals surface area contributed by atoms with Crippen molar-refractivity contribution in [2.24, 2.45) is 0 Å². The normalized spacial score (nSPS) is 18.8. The van der Waals surface area contributed by atoms with E-state index in [2.05, 4.69) is 10.6 Å². The van der Waals surface area contributed by atoms with E-state index in [4.69, 9.17) is 16.3 Å². The van der Waals surface area contributed by atoms with Gasteiger partial charge in [-0.05, 0) is 44.0 Å². The number of carbonyl (C=O) groups is 2. The van der Waals surface area contributed by atoms with Crippen molar-refractivity contribution in [1.29, 1.82) is 0 Å². The molecule has 2 aliphatic rings. The lowest BCUT2D eigenvalue weighted by atomic mass is 10.1. The van der Waals surface area contributed by atoms with Gasteiger partial charge in [0.2, 0.25) is 10.0 Å². The molecule has 2 aliphatic heterocycles. The van der Waals surface area contributed by atoms with Crippen LogP contribution < -0.4 is 15.4 Å². The van der Waals surface area contributed by atoms with Crippen LogP contribution in [0.5, 0.6) is 5.75 Å². The monoisotopic (exact) mass is 492 g/mol. The van der Waals surface area contributed by atoms with Crippen molar-refractivity contribution in [3.05, 3.63) is 46.5 Å². The number of nitrogens with zero attached hydrogens (tertiary/aromatic N) is 2. The Hall–Kier alpha value is -2.82. The SMILES string of the molecule is Cc1cccc(NC(=O)N2CCN(S(=O)(=O)c3cc4c(cc3Cl)NC(=O)C(C)O4)CC2)c1C. The number of carbonyl (C=O) groups excluding carboxylic acids is 2. The van der Waals surface area contributed by atoms with Crippen molar-refractivity contribution < 1.29 is 22.7 Å². The number of ether oxygens (including phenoxy) is 1. The van der Waals surface area contributed by atoms with E-state index in [0.29, 0.717) is 5.69 Å². The molecule has 4 rings (SSSR count). The molecule has 176 valence electrons. The van der Waals surface area contributed by atoms with Gasteiger partial charge in [0.1, 0.15) is 10.6 Å². The summed E-state index contributed by atoms with van der Waals surface area (Å²) in [4.78, 5) is 26.0. The summed E-state index contributed by atoms with van der Waals surface area (Å²) in [5.41, 5.74) is 3.12. The van der Waals surface area contributed by atoms with Crippen molar-refractivity contribution >= 4 is 44.9 Å². The van der Waals surface area contributed by atoms with Gasteiger partial charge in [0.05, 0.1) is 10.7 Å². The molecule has 0 spiro atoms. The third-order valence-electron chi connectivity index (χ3n) is 5.95. The summed E-state index contributed by atoms with van der Waals surface area (Å²) in [6, 6.07) is 8.13. The summed E-state index contributed by atoms with van der Waals surface area (Å²) in [6.45, 7) is 6.22. The van der Waals surface area contributed by atoms with E-state index in [1.165, 1.54) is 16.4 Å². The molecule has 2 heterocycles. The molecule has 2 aromatic rings. The van der Waals surface area contributed by atoms with Gasteiger partial charge in [0, 0.05) is 37.9 Å². The minimum Gasteiger partial charge on any atom is -0.479 e. The summed E-state index contributed by atoms with van der Waals surface area (Å²) in [5.74, 6) is -0.0824. The first-order valence-corrected chi connectivity index (χ1v) is 12.3. The minimum absolute atomic E-state index is 0.0118. The molecule has 0 saturated carbocycles. The van der Waals surface area contributed by atoms with E-state index in [1.54, 1.807) is 11.8 Å². The molecule has 9 nitrogen and oxygen atoms in total. The van der Waals surface area contributed by atoms with Gasteiger partial charge in [-0.3, -0.25) is 4.79 Å². The van der Waals surface area contributed by atoms with Gasteiger partial charge in [0.25, 0.3) is 5.91 Å². The zero-order valence-electron chi connectivity index (χ0n) is 18.5. The standard InChI is InChI=1S/C22H25ClN4O5S/c1-13-5-4-6-17(14(13)2)25-22(29)26-7-9-27(10-8-26)33(30,31)20-12-19-18(11-16(20)23)24-21(28)15(3)32-19/h4-6,11-12,15H,7-10H2,1-3H3,(H,24,28)(H,25,29). The number of nitrogens with one attached hydrogen (secondary N) is 2. The minimum atomic E-state index is -3.93. The molecule has 1 unspecified atom stereocenters. The molecule has 0 bridgehead atoms. The molecule has 11 heteroatoms. The zero-order valence-corrected chi connectivity index (χ0v) is 20.1. The van der Waals surface area contributed by atoms with Gasteiger partial charge in [-0.15, -0.1) is 0 Å². The summed E-state index contributed by atoms with van der Waals surface area (Å²) >= 11 is 6.26. The van der Waals surface area contributed by atoms with Crippen LogP contribution in [0.2, 0.25) is 5.02 Å². The van der Waals surface area contributed by atoms with Gasteiger partial charge < -0.3 is 20.3 Å². The molecule has 0 radical (unpaired) electrons. The summed E-state index contributed by atoms with van der Waals surface area (Å²) in [6.07, 6.45) is -0.742. The molecule has 33 heavy (non-hydrogen) atoms. The molecule has 1 fully saturated rings. The van der Waals surface area contributed by atoms with Crippen LogP contribution >= 0.6 is 11.6 Å². The van der Waals surface area contributed by atoms with Crippen molar-refractivity contribution in [3.8, 4) is 5.75 Å². The third kappa shape index (κ3) is 4.50. The highest BCUT2D eigenvalue weighted by Gasteiger charge is 2.34. The van der Waals surface area contributed by atoms with Crippen molar-refractivity contribution in [2.75, 3.05) is 36.8 Å². The van der Waals surface area contributed by atoms with E-state index in [-0.39, 0.29) is 53.8 Å². The van der Waals surface area contributed by atoms with Crippen LogP contribution in [0.25, 0.3) is 0 Å². The molecular formula is C22H25ClN4O5S. The number of amides is 3. The molecule has 0 aliphatic carbocycles. The van der Waals surface area contributed by atoms with Gasteiger partial charge in [0.15, 0.2) is 6.10 Å². The molecule has 2 N–H and O–H groups in total. The lowest BCUT2D eigenvalue weighted by Crippen LogP contribution is -2.51. The van der Waals surface area contributed by atoms with Crippen LogP contribution in [0.3, 0.4) is 0 Å². The Kier molecular flexibility index (Phi) is 6.26. The highest BCUT2D eigenvalue weighted by Crippen LogP contribution is 2.38. The fourth-order valence-electron chi connectivity index (χ4n) is 3.76. The second-order valence-corrected chi connectivity index (χ2v) is 10.4. The predicted octanol–water partition coefficient (Wildman–Crippen LogP) is 3.21. The second-order valence-electron chi connectivity index (χ2n) is 8.10.